The monoisotopic (exact) mass is 267 g/mol. The van der Waals surface area contributed by atoms with Gasteiger partial charge in [-0.05, 0) is 18.6 Å². The SMILES string of the molecule is COCCOc1cccc(NC2CSC(C)C2)c1. The van der Waals surface area contributed by atoms with E-state index >= 15 is 0 Å². The maximum Gasteiger partial charge on any atom is 0.121 e. The minimum atomic E-state index is 0.583. The Balaban J connectivity index is 1.86. The van der Waals surface area contributed by atoms with Gasteiger partial charge in [0.2, 0.25) is 0 Å². The van der Waals surface area contributed by atoms with Gasteiger partial charge in [0, 0.05) is 35.9 Å². The second-order valence-corrected chi connectivity index (χ2v) is 6.06. The molecule has 1 aromatic rings. The van der Waals surface area contributed by atoms with Crippen LogP contribution >= 0.6 is 11.8 Å². The average Bonchev–Trinajstić information content (AvgIpc) is 2.76. The molecule has 0 bridgehead atoms. The van der Waals surface area contributed by atoms with Gasteiger partial charge >= 0.3 is 0 Å². The quantitative estimate of drug-likeness (QED) is 0.803. The molecule has 1 aliphatic rings. The second kappa shape index (κ2) is 6.90. The van der Waals surface area contributed by atoms with E-state index in [0.717, 1.165) is 16.7 Å². The first-order valence-corrected chi connectivity index (χ1v) is 7.42. The summed E-state index contributed by atoms with van der Waals surface area (Å²) in [6.45, 7) is 3.50. The second-order valence-electron chi connectivity index (χ2n) is 4.59. The van der Waals surface area contributed by atoms with E-state index in [-0.39, 0.29) is 0 Å². The van der Waals surface area contributed by atoms with Crippen molar-refractivity contribution in [2.24, 2.45) is 0 Å². The maximum atomic E-state index is 5.60. The van der Waals surface area contributed by atoms with Gasteiger partial charge in [0.15, 0.2) is 0 Å². The van der Waals surface area contributed by atoms with Gasteiger partial charge in [-0.1, -0.05) is 13.0 Å². The highest BCUT2D eigenvalue weighted by Crippen LogP contribution is 2.29. The van der Waals surface area contributed by atoms with Crippen molar-refractivity contribution in [3.05, 3.63) is 24.3 Å². The van der Waals surface area contributed by atoms with E-state index in [1.807, 2.05) is 23.9 Å². The average molecular weight is 267 g/mol. The van der Waals surface area contributed by atoms with Crippen LogP contribution in [0.5, 0.6) is 5.75 Å². The third-order valence-electron chi connectivity index (χ3n) is 2.96. The van der Waals surface area contributed by atoms with Crippen molar-refractivity contribution in [2.75, 3.05) is 31.4 Å². The lowest BCUT2D eigenvalue weighted by Crippen LogP contribution is -2.18. The molecular weight excluding hydrogens is 246 g/mol. The van der Waals surface area contributed by atoms with Crippen molar-refractivity contribution < 1.29 is 9.47 Å². The third-order valence-corrected chi connectivity index (χ3v) is 4.32. The van der Waals surface area contributed by atoms with Crippen molar-refractivity contribution in [1.29, 1.82) is 0 Å². The van der Waals surface area contributed by atoms with Crippen molar-refractivity contribution >= 4 is 17.4 Å². The van der Waals surface area contributed by atoms with E-state index in [2.05, 4.69) is 24.4 Å². The van der Waals surface area contributed by atoms with Crippen LogP contribution in [0.3, 0.4) is 0 Å². The Morgan fingerprint density at radius 2 is 2.28 bits per heavy atom. The van der Waals surface area contributed by atoms with Crippen molar-refractivity contribution in [3.63, 3.8) is 0 Å². The summed E-state index contributed by atoms with van der Waals surface area (Å²) >= 11 is 2.04. The van der Waals surface area contributed by atoms with E-state index in [4.69, 9.17) is 9.47 Å². The molecule has 2 rings (SSSR count). The Morgan fingerprint density at radius 3 is 3.00 bits per heavy atom. The molecule has 1 aliphatic heterocycles. The molecule has 0 aromatic heterocycles. The van der Waals surface area contributed by atoms with Crippen molar-refractivity contribution in [3.8, 4) is 5.75 Å². The van der Waals surface area contributed by atoms with E-state index in [1.165, 1.54) is 12.2 Å². The molecule has 0 aliphatic carbocycles. The minimum absolute atomic E-state index is 0.583. The van der Waals surface area contributed by atoms with Gasteiger partial charge in [-0.25, -0.2) is 0 Å². The standard InChI is InChI=1S/C14H21NO2S/c1-11-8-13(10-18-11)15-12-4-3-5-14(9-12)17-7-6-16-2/h3-5,9,11,13,15H,6-8,10H2,1-2H3. The fraction of sp³-hybridized carbons (Fsp3) is 0.571. The molecular formula is C14H21NO2S. The maximum absolute atomic E-state index is 5.60. The summed E-state index contributed by atoms with van der Waals surface area (Å²) in [6.07, 6.45) is 1.24. The van der Waals surface area contributed by atoms with Gasteiger partial charge in [0.05, 0.1) is 6.61 Å². The first kappa shape index (κ1) is 13.6. The third kappa shape index (κ3) is 4.10. The summed E-state index contributed by atoms with van der Waals surface area (Å²) in [5.41, 5.74) is 1.14. The van der Waals surface area contributed by atoms with Gasteiger partial charge < -0.3 is 14.8 Å². The van der Waals surface area contributed by atoms with Crippen LogP contribution < -0.4 is 10.1 Å². The van der Waals surface area contributed by atoms with Crippen LogP contribution in [0.1, 0.15) is 13.3 Å². The molecule has 3 nitrogen and oxygen atoms in total. The molecule has 0 radical (unpaired) electrons. The highest BCUT2D eigenvalue weighted by atomic mass is 32.2. The van der Waals surface area contributed by atoms with Crippen LogP contribution in [0, 0.1) is 0 Å². The molecule has 1 aromatic carbocycles. The zero-order valence-electron chi connectivity index (χ0n) is 11.0. The molecule has 1 heterocycles. The minimum Gasteiger partial charge on any atom is -0.491 e. The summed E-state index contributed by atoms with van der Waals surface area (Å²) in [7, 11) is 1.68. The molecule has 0 amide bonds. The molecule has 4 heteroatoms. The zero-order chi connectivity index (χ0) is 12.8. The zero-order valence-corrected chi connectivity index (χ0v) is 11.8. The summed E-state index contributed by atoms with van der Waals surface area (Å²) in [4.78, 5) is 0. The number of rotatable bonds is 6. The van der Waals surface area contributed by atoms with Crippen LogP contribution in [0.25, 0.3) is 0 Å². The first-order chi connectivity index (χ1) is 8.78. The predicted molar refractivity (Wildman–Crippen MR) is 77.8 cm³/mol. The molecule has 18 heavy (non-hydrogen) atoms. The Kier molecular flexibility index (Phi) is 5.20. The molecule has 2 unspecified atom stereocenters. The summed E-state index contributed by atoms with van der Waals surface area (Å²) < 4.78 is 10.6. The smallest absolute Gasteiger partial charge is 0.121 e. The fourth-order valence-electron chi connectivity index (χ4n) is 2.07. The van der Waals surface area contributed by atoms with E-state index in [0.29, 0.717) is 19.3 Å². The van der Waals surface area contributed by atoms with Crippen LogP contribution in [0.15, 0.2) is 24.3 Å². The number of benzene rings is 1. The van der Waals surface area contributed by atoms with Gasteiger partial charge in [-0.2, -0.15) is 11.8 Å². The molecule has 1 saturated heterocycles. The number of thioether (sulfide) groups is 1. The van der Waals surface area contributed by atoms with Gasteiger partial charge in [-0.3, -0.25) is 0 Å². The van der Waals surface area contributed by atoms with Gasteiger partial charge in [-0.15, -0.1) is 0 Å². The number of nitrogens with one attached hydrogen (secondary N) is 1. The Hall–Kier alpha value is -0.870. The largest absolute Gasteiger partial charge is 0.491 e. The lowest BCUT2D eigenvalue weighted by molar-refractivity contribution is 0.146. The predicted octanol–water partition coefficient (Wildman–Crippen LogP) is 3.02. The normalized spacial score (nSPS) is 23.0. The van der Waals surface area contributed by atoms with Gasteiger partial charge in [0.1, 0.15) is 12.4 Å². The number of hydrogen-bond donors (Lipinski definition) is 1. The van der Waals surface area contributed by atoms with Crippen LogP contribution in [0.4, 0.5) is 5.69 Å². The van der Waals surface area contributed by atoms with Crippen LogP contribution in [-0.4, -0.2) is 37.4 Å². The number of methoxy groups -OCH3 is 1. The number of anilines is 1. The molecule has 0 spiro atoms. The Bertz CT molecular complexity index is 373. The van der Waals surface area contributed by atoms with Gasteiger partial charge in [0.25, 0.3) is 0 Å². The van der Waals surface area contributed by atoms with Crippen LogP contribution in [0.2, 0.25) is 0 Å². The van der Waals surface area contributed by atoms with Crippen LogP contribution in [-0.2, 0) is 4.74 Å². The Morgan fingerprint density at radius 1 is 1.39 bits per heavy atom. The highest BCUT2D eigenvalue weighted by Gasteiger charge is 2.21. The van der Waals surface area contributed by atoms with E-state index in [1.54, 1.807) is 7.11 Å². The highest BCUT2D eigenvalue weighted by molar-refractivity contribution is 8.00. The van der Waals surface area contributed by atoms with Crippen molar-refractivity contribution in [2.45, 2.75) is 24.6 Å². The summed E-state index contributed by atoms with van der Waals surface area (Å²) in [6, 6.07) is 8.74. The molecule has 0 saturated carbocycles. The summed E-state index contributed by atoms with van der Waals surface area (Å²) in [5.74, 6) is 2.09. The topological polar surface area (TPSA) is 30.5 Å². The summed E-state index contributed by atoms with van der Waals surface area (Å²) in [5, 5.41) is 4.34. The van der Waals surface area contributed by atoms with Crippen molar-refractivity contribution in [1.82, 2.24) is 0 Å². The fourth-order valence-corrected chi connectivity index (χ4v) is 3.22. The molecule has 100 valence electrons. The molecule has 1 fully saturated rings. The number of ether oxygens (including phenoxy) is 2. The molecule has 2 atom stereocenters. The first-order valence-electron chi connectivity index (χ1n) is 6.38. The van der Waals surface area contributed by atoms with E-state index < -0.39 is 0 Å². The molecule has 1 N–H and O–H groups in total. The lowest BCUT2D eigenvalue weighted by Gasteiger charge is -2.14. The lowest BCUT2D eigenvalue weighted by atomic mass is 10.2. The van der Waals surface area contributed by atoms with E-state index in [9.17, 15) is 0 Å². The number of hydrogen-bond acceptors (Lipinski definition) is 4. The Labute approximate surface area is 113 Å².